The largest absolute Gasteiger partial charge is 0.465 e. The number of rotatable bonds is 5. The molecule has 1 rings (SSSR count). The van der Waals surface area contributed by atoms with Crippen molar-refractivity contribution in [1.29, 1.82) is 0 Å². The Hall–Kier alpha value is -1.38. The van der Waals surface area contributed by atoms with E-state index in [9.17, 15) is 13.2 Å². The molecule has 0 aromatic carbocycles. The topological polar surface area (TPSA) is 106 Å². The quantitative estimate of drug-likeness (QED) is 0.758. The Kier molecular flexibility index (Phi) is 4.72. The van der Waals surface area contributed by atoms with E-state index in [2.05, 4.69) is 9.46 Å². The van der Waals surface area contributed by atoms with Gasteiger partial charge in [0, 0.05) is 6.54 Å². The Balaban J connectivity index is 3.30. The van der Waals surface area contributed by atoms with Gasteiger partial charge in [0.1, 0.15) is 22.0 Å². The smallest absolute Gasteiger partial charge is 0.342 e. The molecular formula is C11H17NO6S. The summed E-state index contributed by atoms with van der Waals surface area (Å²) in [5, 5.41) is 9.12. The van der Waals surface area contributed by atoms with Gasteiger partial charge in [-0.25, -0.2) is 17.9 Å². The Bertz CT molecular complexity index is 572. The molecule has 0 amide bonds. The summed E-state index contributed by atoms with van der Waals surface area (Å²) in [7, 11) is -2.80. The lowest BCUT2D eigenvalue weighted by Gasteiger charge is -2.09. The van der Waals surface area contributed by atoms with E-state index in [1.54, 1.807) is 0 Å². The normalized spacial score (nSPS) is 13.3. The summed E-state index contributed by atoms with van der Waals surface area (Å²) in [5.74, 6) is -0.524. The van der Waals surface area contributed by atoms with Crippen molar-refractivity contribution in [2.75, 3.05) is 13.7 Å². The van der Waals surface area contributed by atoms with Crippen LogP contribution in [0.15, 0.2) is 9.31 Å². The Morgan fingerprint density at radius 2 is 2.00 bits per heavy atom. The summed E-state index contributed by atoms with van der Waals surface area (Å²) in [6, 6.07) is 0. The number of nitrogens with one attached hydrogen (secondary N) is 1. The molecule has 2 N–H and O–H groups in total. The molecule has 7 nitrogen and oxygen atoms in total. The molecular weight excluding hydrogens is 274 g/mol. The van der Waals surface area contributed by atoms with Crippen molar-refractivity contribution in [1.82, 2.24) is 4.72 Å². The Morgan fingerprint density at radius 3 is 2.47 bits per heavy atom. The Labute approximate surface area is 111 Å². The molecule has 0 aliphatic carbocycles. The van der Waals surface area contributed by atoms with Crippen molar-refractivity contribution in [3.8, 4) is 0 Å². The van der Waals surface area contributed by atoms with Crippen molar-refractivity contribution in [2.24, 2.45) is 0 Å². The third-order valence-electron chi connectivity index (χ3n) is 2.43. The van der Waals surface area contributed by atoms with Gasteiger partial charge in [0.05, 0.1) is 13.2 Å². The van der Waals surface area contributed by atoms with Gasteiger partial charge >= 0.3 is 5.97 Å². The highest BCUT2D eigenvalue weighted by atomic mass is 32.2. The maximum Gasteiger partial charge on any atom is 0.342 e. The molecule has 0 bridgehead atoms. The summed E-state index contributed by atoms with van der Waals surface area (Å²) < 4.78 is 36.2. The van der Waals surface area contributed by atoms with Crippen LogP contribution in [-0.2, 0) is 14.8 Å². The summed E-state index contributed by atoms with van der Waals surface area (Å²) in [5.41, 5.74) is -0.127. The first-order valence-corrected chi connectivity index (χ1v) is 7.05. The number of aryl methyl sites for hydroxylation is 2. The highest BCUT2D eigenvalue weighted by molar-refractivity contribution is 7.89. The van der Waals surface area contributed by atoms with Crippen LogP contribution >= 0.6 is 0 Å². The maximum atomic E-state index is 12.1. The van der Waals surface area contributed by atoms with Crippen molar-refractivity contribution >= 4 is 16.0 Å². The highest BCUT2D eigenvalue weighted by Gasteiger charge is 2.31. The van der Waals surface area contributed by atoms with E-state index in [1.165, 1.54) is 20.8 Å². The third kappa shape index (κ3) is 3.34. The first-order chi connectivity index (χ1) is 8.70. The molecule has 0 saturated heterocycles. The zero-order valence-electron chi connectivity index (χ0n) is 11.2. The van der Waals surface area contributed by atoms with E-state index in [4.69, 9.17) is 9.52 Å². The summed E-state index contributed by atoms with van der Waals surface area (Å²) >= 11 is 0. The van der Waals surface area contributed by atoms with Crippen LogP contribution in [0.25, 0.3) is 0 Å². The van der Waals surface area contributed by atoms with Crippen LogP contribution in [0.1, 0.15) is 28.8 Å². The van der Waals surface area contributed by atoms with E-state index in [0.29, 0.717) is 0 Å². The second-order valence-electron chi connectivity index (χ2n) is 4.11. The van der Waals surface area contributed by atoms with Crippen LogP contribution in [-0.4, -0.2) is 39.3 Å². The van der Waals surface area contributed by atoms with Crippen molar-refractivity contribution < 1.29 is 27.5 Å². The minimum atomic E-state index is -3.96. The van der Waals surface area contributed by atoms with Gasteiger partial charge in [-0.05, 0) is 20.8 Å². The number of esters is 1. The van der Waals surface area contributed by atoms with E-state index >= 15 is 0 Å². The lowest BCUT2D eigenvalue weighted by atomic mass is 10.2. The van der Waals surface area contributed by atoms with Crippen LogP contribution in [0.4, 0.5) is 0 Å². The van der Waals surface area contributed by atoms with Gasteiger partial charge in [0.15, 0.2) is 0 Å². The molecule has 0 saturated carbocycles. The second kappa shape index (κ2) is 5.72. The van der Waals surface area contributed by atoms with E-state index in [-0.39, 0.29) is 28.5 Å². The molecule has 1 aromatic heterocycles. The molecule has 0 aliphatic heterocycles. The second-order valence-corrected chi connectivity index (χ2v) is 5.81. The molecule has 108 valence electrons. The molecule has 1 atom stereocenters. The molecule has 0 aliphatic rings. The minimum absolute atomic E-state index is 0.0935. The molecule has 0 spiro atoms. The number of carbonyl (C=O) groups is 1. The predicted octanol–water partition coefficient (Wildman–Crippen LogP) is 0.342. The molecule has 19 heavy (non-hydrogen) atoms. The number of ether oxygens (including phenoxy) is 1. The van der Waals surface area contributed by atoms with Gasteiger partial charge in [-0.3, -0.25) is 0 Å². The van der Waals surface area contributed by atoms with Gasteiger partial charge < -0.3 is 14.3 Å². The van der Waals surface area contributed by atoms with Gasteiger partial charge in [-0.1, -0.05) is 0 Å². The fourth-order valence-electron chi connectivity index (χ4n) is 1.63. The number of furan rings is 1. The van der Waals surface area contributed by atoms with Crippen molar-refractivity contribution in [2.45, 2.75) is 31.8 Å². The van der Waals surface area contributed by atoms with Crippen LogP contribution < -0.4 is 4.72 Å². The first kappa shape index (κ1) is 15.7. The average Bonchev–Trinajstić information content (AvgIpc) is 2.61. The molecule has 0 unspecified atom stereocenters. The number of sulfonamides is 1. The van der Waals surface area contributed by atoms with Gasteiger partial charge in [0.2, 0.25) is 10.0 Å². The predicted molar refractivity (Wildman–Crippen MR) is 66.4 cm³/mol. The first-order valence-electron chi connectivity index (χ1n) is 5.56. The SMILES string of the molecule is COC(=O)c1c(C)oc(C)c1S(=O)(=O)NC[C@H](C)O. The lowest BCUT2D eigenvalue weighted by molar-refractivity contribution is 0.0595. The standard InChI is InChI=1S/C11H17NO6S/c1-6(13)5-12-19(15,16)10-8(3)18-7(2)9(10)11(14)17-4/h6,12-13H,5H2,1-4H3/t6-/m0/s1. The van der Waals surface area contributed by atoms with Crippen LogP contribution in [0.5, 0.6) is 0 Å². The summed E-state index contributed by atoms with van der Waals surface area (Å²) in [4.78, 5) is 11.4. The lowest BCUT2D eigenvalue weighted by Crippen LogP contribution is -2.31. The minimum Gasteiger partial charge on any atom is -0.465 e. The van der Waals surface area contributed by atoms with Gasteiger partial charge in [0.25, 0.3) is 0 Å². The van der Waals surface area contributed by atoms with E-state index in [0.717, 1.165) is 7.11 Å². The Morgan fingerprint density at radius 1 is 1.42 bits per heavy atom. The molecule has 8 heteroatoms. The van der Waals surface area contributed by atoms with Crippen molar-refractivity contribution in [3.63, 3.8) is 0 Å². The van der Waals surface area contributed by atoms with Crippen LogP contribution in [0.3, 0.4) is 0 Å². The van der Waals surface area contributed by atoms with E-state index < -0.39 is 22.1 Å². The zero-order valence-corrected chi connectivity index (χ0v) is 12.0. The zero-order chi connectivity index (χ0) is 14.8. The number of aliphatic hydroxyl groups is 1. The molecule has 1 aromatic rings. The van der Waals surface area contributed by atoms with Crippen LogP contribution in [0, 0.1) is 13.8 Å². The highest BCUT2D eigenvalue weighted by Crippen LogP contribution is 2.27. The number of aliphatic hydroxyl groups excluding tert-OH is 1. The van der Waals surface area contributed by atoms with Crippen molar-refractivity contribution in [3.05, 3.63) is 17.1 Å². The van der Waals surface area contributed by atoms with Gasteiger partial charge in [-0.2, -0.15) is 0 Å². The molecule has 0 radical (unpaired) electrons. The fourth-order valence-corrected chi connectivity index (χ4v) is 3.15. The average molecular weight is 291 g/mol. The monoisotopic (exact) mass is 291 g/mol. The van der Waals surface area contributed by atoms with Crippen LogP contribution in [0.2, 0.25) is 0 Å². The van der Waals surface area contributed by atoms with Gasteiger partial charge in [-0.15, -0.1) is 0 Å². The molecule has 1 heterocycles. The number of hydrogen-bond acceptors (Lipinski definition) is 6. The fraction of sp³-hybridized carbons (Fsp3) is 0.545. The van der Waals surface area contributed by atoms with E-state index in [1.807, 2.05) is 0 Å². The third-order valence-corrected chi connectivity index (χ3v) is 4.01. The summed E-state index contributed by atoms with van der Waals surface area (Å²) in [6.45, 7) is 4.20. The maximum absolute atomic E-state index is 12.1. The number of hydrogen-bond donors (Lipinski definition) is 2. The number of carbonyl (C=O) groups excluding carboxylic acids is 1. The molecule has 0 fully saturated rings. The summed E-state index contributed by atoms with van der Waals surface area (Å²) in [6.07, 6.45) is -0.843. The number of methoxy groups -OCH3 is 1.